The second-order valence-corrected chi connectivity index (χ2v) is 7.60. The SMILES string of the molecule is C=CC(=O)Nc1cc(-c2cnc3[nH]cc(-c4ccnc(OC)c4)c3c2)cc(Oc2ccccc2)n1. The summed E-state index contributed by atoms with van der Waals surface area (Å²) >= 11 is 0. The molecule has 2 N–H and O–H groups in total. The summed E-state index contributed by atoms with van der Waals surface area (Å²) in [7, 11) is 1.59. The van der Waals surface area contributed by atoms with Gasteiger partial charge in [0.2, 0.25) is 17.7 Å². The summed E-state index contributed by atoms with van der Waals surface area (Å²) < 4.78 is 11.2. The van der Waals surface area contributed by atoms with Gasteiger partial charge in [0.05, 0.1) is 7.11 Å². The number of carbonyl (C=O) groups excluding carboxylic acids is 1. The Morgan fingerprint density at radius 2 is 1.83 bits per heavy atom. The Kier molecular flexibility index (Phi) is 5.92. The minimum Gasteiger partial charge on any atom is -0.481 e. The average Bonchev–Trinajstić information content (AvgIpc) is 3.32. The Morgan fingerprint density at radius 1 is 1.00 bits per heavy atom. The second kappa shape index (κ2) is 9.48. The van der Waals surface area contributed by atoms with E-state index in [1.807, 2.05) is 54.7 Å². The molecule has 1 aromatic carbocycles. The lowest BCUT2D eigenvalue weighted by atomic mass is 10.0. The van der Waals surface area contributed by atoms with Crippen molar-refractivity contribution in [3.8, 4) is 39.8 Å². The maximum absolute atomic E-state index is 12.0. The first-order valence-corrected chi connectivity index (χ1v) is 10.8. The summed E-state index contributed by atoms with van der Waals surface area (Å²) in [6, 6.07) is 18.7. The van der Waals surface area contributed by atoms with Gasteiger partial charge in [0, 0.05) is 47.2 Å². The standard InChI is InChI=1S/C27H21N5O3/c1-3-24(33)31-23-12-18(14-26(32-23)35-20-7-5-4-6-8-20)19-11-21-22(16-30-27(21)29-15-19)17-9-10-28-25(13-17)34-2/h3-16H,1H2,2H3,(H,29,30)(H,31,32,33). The van der Waals surface area contributed by atoms with E-state index < -0.39 is 0 Å². The fourth-order valence-corrected chi connectivity index (χ4v) is 3.66. The van der Waals surface area contributed by atoms with Crippen LogP contribution in [-0.2, 0) is 4.79 Å². The third-order valence-corrected chi connectivity index (χ3v) is 5.32. The van der Waals surface area contributed by atoms with Crippen molar-refractivity contribution in [1.82, 2.24) is 19.9 Å². The normalized spacial score (nSPS) is 10.7. The highest BCUT2D eigenvalue weighted by Crippen LogP contribution is 2.34. The zero-order valence-corrected chi connectivity index (χ0v) is 18.9. The summed E-state index contributed by atoms with van der Waals surface area (Å²) in [4.78, 5) is 28.4. The van der Waals surface area contributed by atoms with Crippen molar-refractivity contribution in [3.05, 3.63) is 91.9 Å². The van der Waals surface area contributed by atoms with Gasteiger partial charge in [-0.25, -0.2) is 9.97 Å². The number of aromatic nitrogens is 4. The van der Waals surface area contributed by atoms with Crippen LogP contribution in [0.15, 0.2) is 91.9 Å². The molecule has 0 fully saturated rings. The highest BCUT2D eigenvalue weighted by molar-refractivity contribution is 5.99. The van der Waals surface area contributed by atoms with Gasteiger partial charge >= 0.3 is 0 Å². The first-order chi connectivity index (χ1) is 17.1. The maximum Gasteiger partial charge on any atom is 0.248 e. The smallest absolute Gasteiger partial charge is 0.248 e. The lowest BCUT2D eigenvalue weighted by Gasteiger charge is -2.11. The first-order valence-electron chi connectivity index (χ1n) is 10.8. The topological polar surface area (TPSA) is 102 Å². The number of rotatable bonds is 7. The minimum atomic E-state index is -0.367. The molecule has 1 amide bonds. The molecule has 4 aromatic heterocycles. The lowest BCUT2D eigenvalue weighted by molar-refractivity contribution is -0.111. The highest BCUT2D eigenvalue weighted by Gasteiger charge is 2.13. The van der Waals surface area contributed by atoms with Crippen molar-refractivity contribution in [3.63, 3.8) is 0 Å². The Balaban J connectivity index is 1.59. The number of H-pyrrole nitrogens is 1. The number of nitrogens with one attached hydrogen (secondary N) is 2. The van der Waals surface area contributed by atoms with E-state index in [-0.39, 0.29) is 5.91 Å². The molecule has 172 valence electrons. The van der Waals surface area contributed by atoms with Crippen molar-refractivity contribution in [2.45, 2.75) is 0 Å². The van der Waals surface area contributed by atoms with Crippen LogP contribution in [0.25, 0.3) is 33.3 Å². The Hall–Kier alpha value is -4.98. The zero-order chi connectivity index (χ0) is 24.2. The third kappa shape index (κ3) is 4.72. The van der Waals surface area contributed by atoms with Crippen molar-refractivity contribution < 1.29 is 14.3 Å². The van der Waals surface area contributed by atoms with E-state index in [4.69, 9.17) is 9.47 Å². The molecule has 0 aliphatic carbocycles. The third-order valence-electron chi connectivity index (χ3n) is 5.32. The molecule has 5 aromatic rings. The van der Waals surface area contributed by atoms with E-state index in [9.17, 15) is 4.79 Å². The van der Waals surface area contributed by atoms with Crippen LogP contribution in [0.2, 0.25) is 0 Å². The fraction of sp³-hybridized carbons (Fsp3) is 0.0370. The van der Waals surface area contributed by atoms with Gasteiger partial charge in [-0.1, -0.05) is 24.8 Å². The molecule has 35 heavy (non-hydrogen) atoms. The Labute approximate surface area is 201 Å². The number of hydrogen-bond donors (Lipinski definition) is 2. The van der Waals surface area contributed by atoms with Crippen LogP contribution in [0, 0.1) is 0 Å². The lowest BCUT2D eigenvalue weighted by Crippen LogP contribution is -2.09. The highest BCUT2D eigenvalue weighted by atomic mass is 16.5. The number of fused-ring (bicyclic) bond motifs is 1. The molecular weight excluding hydrogens is 442 g/mol. The minimum absolute atomic E-state index is 0.335. The van der Waals surface area contributed by atoms with Gasteiger partial charge in [0.25, 0.3) is 0 Å². The van der Waals surface area contributed by atoms with Crippen LogP contribution in [-0.4, -0.2) is 33.0 Å². The Morgan fingerprint density at radius 3 is 2.63 bits per heavy atom. The van der Waals surface area contributed by atoms with E-state index >= 15 is 0 Å². The molecule has 8 heteroatoms. The van der Waals surface area contributed by atoms with E-state index in [0.717, 1.165) is 33.3 Å². The molecule has 0 saturated carbocycles. The molecule has 0 aliphatic heterocycles. The van der Waals surface area contributed by atoms with Crippen LogP contribution in [0.4, 0.5) is 5.82 Å². The molecule has 0 aliphatic rings. The number of amides is 1. The predicted octanol–water partition coefficient (Wildman–Crippen LogP) is 5.61. The van der Waals surface area contributed by atoms with Crippen molar-refractivity contribution in [2.75, 3.05) is 12.4 Å². The van der Waals surface area contributed by atoms with Crippen molar-refractivity contribution >= 4 is 22.8 Å². The summed E-state index contributed by atoms with van der Waals surface area (Å²) in [6.45, 7) is 3.51. The summed E-state index contributed by atoms with van der Waals surface area (Å²) in [6.07, 6.45) is 6.56. The quantitative estimate of drug-likeness (QED) is 0.304. The van der Waals surface area contributed by atoms with Crippen LogP contribution < -0.4 is 14.8 Å². The van der Waals surface area contributed by atoms with Gasteiger partial charge in [-0.2, -0.15) is 4.98 Å². The van der Waals surface area contributed by atoms with Gasteiger partial charge in [-0.05, 0) is 47.5 Å². The van der Waals surface area contributed by atoms with E-state index in [1.165, 1.54) is 6.08 Å². The summed E-state index contributed by atoms with van der Waals surface area (Å²) in [5.41, 5.74) is 4.26. The number of hydrogen-bond acceptors (Lipinski definition) is 6. The van der Waals surface area contributed by atoms with Gasteiger partial charge < -0.3 is 19.8 Å². The van der Waals surface area contributed by atoms with E-state index in [1.54, 1.807) is 31.6 Å². The van der Waals surface area contributed by atoms with Gasteiger partial charge in [0.15, 0.2) is 0 Å². The largest absolute Gasteiger partial charge is 0.481 e. The summed E-state index contributed by atoms with van der Waals surface area (Å²) in [5.74, 6) is 1.47. The maximum atomic E-state index is 12.0. The molecule has 5 rings (SSSR count). The van der Waals surface area contributed by atoms with Gasteiger partial charge in [-0.3, -0.25) is 4.79 Å². The summed E-state index contributed by atoms with van der Waals surface area (Å²) in [5, 5.41) is 3.64. The molecule has 0 spiro atoms. The van der Waals surface area contributed by atoms with Crippen molar-refractivity contribution in [1.29, 1.82) is 0 Å². The molecule has 4 heterocycles. The first kappa shape index (κ1) is 21.8. The van der Waals surface area contributed by atoms with Gasteiger partial charge in [0.1, 0.15) is 17.2 Å². The number of ether oxygens (including phenoxy) is 2. The zero-order valence-electron chi connectivity index (χ0n) is 18.9. The fourth-order valence-electron chi connectivity index (χ4n) is 3.66. The van der Waals surface area contributed by atoms with Crippen LogP contribution in [0.3, 0.4) is 0 Å². The number of aromatic amines is 1. The number of nitrogens with zero attached hydrogens (tertiary/aromatic N) is 3. The number of anilines is 1. The van der Waals surface area contributed by atoms with E-state index in [2.05, 4.69) is 31.8 Å². The van der Waals surface area contributed by atoms with E-state index in [0.29, 0.717) is 23.3 Å². The van der Waals surface area contributed by atoms with Crippen LogP contribution in [0.5, 0.6) is 17.5 Å². The molecule has 8 nitrogen and oxygen atoms in total. The number of carbonyl (C=O) groups is 1. The number of para-hydroxylation sites is 1. The molecule has 0 bridgehead atoms. The monoisotopic (exact) mass is 463 g/mol. The molecule has 0 saturated heterocycles. The predicted molar refractivity (Wildman–Crippen MR) is 134 cm³/mol. The number of benzene rings is 1. The molecular formula is C27H21N5O3. The average molecular weight is 463 g/mol. The number of methoxy groups -OCH3 is 1. The molecule has 0 unspecified atom stereocenters. The van der Waals surface area contributed by atoms with Crippen LogP contribution in [0.1, 0.15) is 0 Å². The number of pyridine rings is 3. The van der Waals surface area contributed by atoms with Crippen LogP contribution >= 0.6 is 0 Å². The molecule has 0 radical (unpaired) electrons. The van der Waals surface area contributed by atoms with Gasteiger partial charge in [-0.15, -0.1) is 0 Å². The van der Waals surface area contributed by atoms with Crippen molar-refractivity contribution in [2.24, 2.45) is 0 Å². The Bertz CT molecular complexity index is 1530. The molecule has 0 atom stereocenters. The second-order valence-electron chi connectivity index (χ2n) is 7.60.